The quantitative estimate of drug-likeness (QED) is 0.808. The number of halogens is 3. The number of aromatic nitrogens is 1. The van der Waals surface area contributed by atoms with Crippen LogP contribution >= 0.6 is 0 Å². The first-order valence-corrected chi connectivity index (χ1v) is 8.99. The summed E-state index contributed by atoms with van der Waals surface area (Å²) in [4.78, 5) is 18.5. The molecular weight excluding hydrogens is 341 g/mol. The van der Waals surface area contributed by atoms with Crippen molar-refractivity contribution >= 4 is 5.91 Å². The van der Waals surface area contributed by atoms with Gasteiger partial charge in [-0.2, -0.15) is 13.2 Å². The Labute approximate surface area is 150 Å². The number of amides is 1. The molecule has 3 nitrogen and oxygen atoms in total. The summed E-state index contributed by atoms with van der Waals surface area (Å²) in [5.74, 6) is -0.0720. The SMILES string of the molecule is O=C(c1cnc#cc1C1CC1)N1CCC(C2=C(C(F)(F)F)CCC=C2)C1. The minimum Gasteiger partial charge on any atom is -0.338 e. The fourth-order valence-corrected chi connectivity index (χ4v) is 3.93. The predicted molar refractivity (Wildman–Crippen MR) is 89.3 cm³/mol. The van der Waals surface area contributed by atoms with Gasteiger partial charge in [0.15, 0.2) is 0 Å². The molecule has 0 bridgehead atoms. The summed E-state index contributed by atoms with van der Waals surface area (Å²) in [7, 11) is 0. The maximum atomic E-state index is 13.3. The largest absolute Gasteiger partial charge is 0.412 e. The Morgan fingerprint density at radius 2 is 2.04 bits per heavy atom. The van der Waals surface area contributed by atoms with E-state index in [1.165, 1.54) is 6.20 Å². The lowest BCUT2D eigenvalue weighted by atomic mass is 9.87. The van der Waals surface area contributed by atoms with E-state index in [1.807, 2.05) is 0 Å². The van der Waals surface area contributed by atoms with Gasteiger partial charge in [0.05, 0.1) is 11.8 Å². The van der Waals surface area contributed by atoms with Crippen molar-refractivity contribution in [3.63, 3.8) is 0 Å². The van der Waals surface area contributed by atoms with E-state index >= 15 is 0 Å². The molecule has 1 aromatic heterocycles. The average molecular weight is 360 g/mol. The fraction of sp³-hybridized carbons (Fsp3) is 0.500. The maximum absolute atomic E-state index is 13.3. The number of nitrogens with zero attached hydrogens (tertiary/aromatic N) is 2. The summed E-state index contributed by atoms with van der Waals surface area (Å²) in [5.41, 5.74) is 1.30. The van der Waals surface area contributed by atoms with Crippen molar-refractivity contribution < 1.29 is 18.0 Å². The minimum absolute atomic E-state index is 0.0268. The van der Waals surface area contributed by atoms with E-state index in [-0.39, 0.29) is 18.2 Å². The summed E-state index contributed by atoms with van der Waals surface area (Å²) in [6.45, 7) is 0.787. The highest BCUT2D eigenvalue weighted by Gasteiger charge is 2.40. The number of likely N-dealkylation sites (tertiary alicyclic amines) is 1. The number of hydrogen-bond acceptors (Lipinski definition) is 2. The zero-order valence-electron chi connectivity index (χ0n) is 14.3. The predicted octanol–water partition coefficient (Wildman–Crippen LogP) is 4.23. The molecule has 1 saturated carbocycles. The van der Waals surface area contributed by atoms with Crippen LogP contribution in [0.15, 0.2) is 29.5 Å². The van der Waals surface area contributed by atoms with Crippen LogP contribution in [0.3, 0.4) is 0 Å². The first-order chi connectivity index (χ1) is 12.4. The highest BCUT2D eigenvalue weighted by Crippen LogP contribution is 2.42. The Kier molecular flexibility index (Phi) is 4.26. The van der Waals surface area contributed by atoms with Crippen molar-refractivity contribution in [3.05, 3.63) is 52.9 Å². The van der Waals surface area contributed by atoms with Crippen molar-refractivity contribution in [1.82, 2.24) is 9.88 Å². The lowest BCUT2D eigenvalue weighted by Gasteiger charge is -2.23. The van der Waals surface area contributed by atoms with Crippen molar-refractivity contribution in [2.75, 3.05) is 13.1 Å². The van der Waals surface area contributed by atoms with E-state index in [0.717, 1.165) is 18.4 Å². The molecule has 1 unspecified atom stereocenters. The topological polar surface area (TPSA) is 33.2 Å². The molecule has 0 aromatic carbocycles. The lowest BCUT2D eigenvalue weighted by Crippen LogP contribution is -2.30. The average Bonchev–Trinajstić information content (AvgIpc) is 3.37. The maximum Gasteiger partial charge on any atom is 0.412 e. The van der Waals surface area contributed by atoms with Crippen LogP contribution in [0, 0.1) is 18.2 Å². The van der Waals surface area contributed by atoms with E-state index < -0.39 is 11.7 Å². The molecule has 2 aliphatic carbocycles. The second-order valence-electron chi connectivity index (χ2n) is 7.21. The van der Waals surface area contributed by atoms with Crippen LogP contribution in [0.2, 0.25) is 0 Å². The van der Waals surface area contributed by atoms with Crippen LogP contribution in [0.4, 0.5) is 13.2 Å². The summed E-state index contributed by atoms with van der Waals surface area (Å²) < 4.78 is 40.0. The number of rotatable bonds is 3. The molecule has 1 aliphatic heterocycles. The molecule has 136 valence electrons. The van der Waals surface area contributed by atoms with Gasteiger partial charge in [0, 0.05) is 36.3 Å². The second-order valence-corrected chi connectivity index (χ2v) is 7.21. The zero-order valence-corrected chi connectivity index (χ0v) is 14.3. The van der Waals surface area contributed by atoms with Crippen LogP contribution in [-0.4, -0.2) is 35.1 Å². The third-order valence-corrected chi connectivity index (χ3v) is 5.42. The molecule has 1 atom stereocenters. The fourth-order valence-electron chi connectivity index (χ4n) is 3.93. The van der Waals surface area contributed by atoms with Gasteiger partial charge in [-0.05, 0) is 49.7 Å². The van der Waals surface area contributed by atoms with Crippen LogP contribution in [0.25, 0.3) is 0 Å². The highest BCUT2D eigenvalue weighted by molar-refractivity contribution is 5.95. The van der Waals surface area contributed by atoms with Crippen molar-refractivity contribution in [3.8, 4) is 0 Å². The van der Waals surface area contributed by atoms with Crippen LogP contribution in [-0.2, 0) is 0 Å². The molecule has 6 heteroatoms. The lowest BCUT2D eigenvalue weighted by molar-refractivity contribution is -0.0952. The Bertz CT molecular complexity index is 778. The van der Waals surface area contributed by atoms with Gasteiger partial charge in [0.1, 0.15) is 0 Å². The van der Waals surface area contributed by atoms with E-state index in [1.54, 1.807) is 17.1 Å². The van der Waals surface area contributed by atoms with Gasteiger partial charge in [-0.1, -0.05) is 12.2 Å². The smallest absolute Gasteiger partial charge is 0.338 e. The summed E-state index contributed by atoms with van der Waals surface area (Å²) >= 11 is 0. The highest BCUT2D eigenvalue weighted by atomic mass is 19.4. The van der Waals surface area contributed by atoms with Gasteiger partial charge >= 0.3 is 6.18 Å². The Balaban J connectivity index is 1.55. The summed E-state index contributed by atoms with van der Waals surface area (Å²) in [6.07, 6.45) is 6.34. The molecule has 2 fully saturated rings. The van der Waals surface area contributed by atoms with Gasteiger partial charge in [-0.15, -0.1) is 0 Å². The Hall–Kier alpha value is -2.29. The van der Waals surface area contributed by atoms with Gasteiger partial charge in [-0.25, -0.2) is 4.98 Å². The molecule has 26 heavy (non-hydrogen) atoms. The molecule has 0 radical (unpaired) electrons. The van der Waals surface area contributed by atoms with Crippen molar-refractivity contribution in [1.29, 1.82) is 0 Å². The third-order valence-electron chi connectivity index (χ3n) is 5.42. The molecule has 3 aliphatic rings. The number of allylic oxidation sites excluding steroid dienone is 3. The van der Waals surface area contributed by atoms with Crippen LogP contribution < -0.4 is 0 Å². The van der Waals surface area contributed by atoms with E-state index in [0.29, 0.717) is 43.0 Å². The molecule has 2 heterocycles. The number of carbonyl (C=O) groups excluding carboxylic acids is 1. The zero-order chi connectivity index (χ0) is 18.3. The number of carbonyl (C=O) groups is 1. The van der Waals surface area contributed by atoms with Crippen LogP contribution in [0.5, 0.6) is 0 Å². The normalized spacial score (nSPS) is 23.3. The van der Waals surface area contributed by atoms with Gasteiger partial charge in [0.25, 0.3) is 5.91 Å². The van der Waals surface area contributed by atoms with E-state index in [9.17, 15) is 18.0 Å². The monoisotopic (exact) mass is 360 g/mol. The first kappa shape index (κ1) is 17.1. The Morgan fingerprint density at radius 1 is 1.23 bits per heavy atom. The molecule has 4 rings (SSSR count). The third kappa shape index (κ3) is 3.23. The molecule has 1 saturated heterocycles. The number of hydrogen-bond donors (Lipinski definition) is 0. The van der Waals surface area contributed by atoms with Crippen molar-refractivity contribution in [2.45, 2.75) is 44.2 Å². The Morgan fingerprint density at radius 3 is 2.77 bits per heavy atom. The molecule has 0 spiro atoms. The number of alkyl halides is 3. The van der Waals surface area contributed by atoms with Gasteiger partial charge in [0.2, 0.25) is 0 Å². The van der Waals surface area contributed by atoms with E-state index in [2.05, 4.69) is 17.2 Å². The van der Waals surface area contributed by atoms with Gasteiger partial charge in [-0.3, -0.25) is 4.79 Å². The minimum atomic E-state index is -4.30. The second kappa shape index (κ2) is 6.46. The standard InChI is InChI=1S/C20H19F3N2O/c21-20(22,23)18-4-2-1-3-16(18)14-8-10-25(12-14)19(26)17-11-24-9-7-15(17)13-5-6-13/h1,3,11,13-14H,2,4-6,8,10,12H2. The summed E-state index contributed by atoms with van der Waals surface area (Å²) in [6, 6.07) is 2.95. The molecular formula is C20H19F3N2O. The van der Waals surface area contributed by atoms with Crippen LogP contribution in [0.1, 0.15) is 53.9 Å². The van der Waals surface area contributed by atoms with Crippen molar-refractivity contribution in [2.24, 2.45) is 5.92 Å². The summed E-state index contributed by atoms with van der Waals surface area (Å²) in [5, 5.41) is 0. The molecule has 1 aromatic rings. The molecule has 0 N–H and O–H groups in total. The van der Waals surface area contributed by atoms with E-state index in [4.69, 9.17) is 0 Å². The van der Waals surface area contributed by atoms with Gasteiger partial charge < -0.3 is 4.90 Å². The molecule has 1 amide bonds. The first-order valence-electron chi connectivity index (χ1n) is 8.99.